The van der Waals surface area contributed by atoms with Crippen LogP contribution in [0.2, 0.25) is 0 Å². The van der Waals surface area contributed by atoms with E-state index < -0.39 is 10.3 Å². The molecule has 1 aromatic carbocycles. The van der Waals surface area contributed by atoms with Gasteiger partial charge in [-0.15, -0.1) is 0 Å². The Bertz CT molecular complexity index is 900. The Labute approximate surface area is 132 Å². The van der Waals surface area contributed by atoms with Gasteiger partial charge in [0.15, 0.2) is 4.64 Å². The summed E-state index contributed by atoms with van der Waals surface area (Å²) in [6.07, 6.45) is 0. The van der Waals surface area contributed by atoms with Crippen molar-refractivity contribution < 1.29 is 8.42 Å². The third-order valence-corrected chi connectivity index (χ3v) is 4.78. The Kier molecular flexibility index (Phi) is 4.47. The molecule has 0 N–H and O–H groups in total. The fraction of sp³-hybridized carbons (Fsp3) is 0.353. The number of benzene rings is 1. The van der Waals surface area contributed by atoms with Crippen LogP contribution in [0.25, 0.3) is 0 Å². The summed E-state index contributed by atoms with van der Waals surface area (Å²) in [6, 6.07) is 7.82. The molecule has 0 aliphatic heterocycles. The van der Waals surface area contributed by atoms with Gasteiger partial charge < -0.3 is 9.94 Å². The van der Waals surface area contributed by atoms with Gasteiger partial charge >= 0.3 is 0 Å². The summed E-state index contributed by atoms with van der Waals surface area (Å²) in [5.41, 5.74) is 5.00. The maximum atomic E-state index is 12.2. The molecule has 0 saturated carbocycles. The lowest BCUT2D eigenvalue weighted by atomic mass is 9.87. The number of pyridine rings is 1. The fourth-order valence-corrected chi connectivity index (χ4v) is 3.75. The second kappa shape index (κ2) is 6.01. The van der Waals surface area contributed by atoms with E-state index >= 15 is 0 Å². The largest absolute Gasteiger partial charge is 0.805 e. The molecular weight excluding hydrogens is 298 g/mol. The van der Waals surface area contributed by atoms with Crippen molar-refractivity contribution in [1.29, 1.82) is 0 Å². The quantitative estimate of drug-likeness (QED) is 0.794. The lowest BCUT2D eigenvalue weighted by Gasteiger charge is -2.23. The van der Waals surface area contributed by atoms with Crippen molar-refractivity contribution in [3.63, 3.8) is 0 Å². The summed E-state index contributed by atoms with van der Waals surface area (Å²) in [4.78, 5) is 0. The predicted octanol–water partition coefficient (Wildman–Crippen LogP) is 3.63. The summed E-state index contributed by atoms with van der Waals surface area (Å²) in [5.74, 6) is -0.173. The molecule has 0 amide bonds. The van der Waals surface area contributed by atoms with Crippen LogP contribution in [0.15, 0.2) is 24.3 Å². The highest BCUT2D eigenvalue weighted by molar-refractivity contribution is 7.63. The third-order valence-electron chi connectivity index (χ3n) is 4.08. The monoisotopic (exact) mass is 318 g/mol. The maximum Gasteiger partial charge on any atom is 0.238 e. The minimum absolute atomic E-state index is 0.173. The first-order valence-corrected chi connectivity index (χ1v) is 8.21. The number of aromatic nitrogens is 1. The first-order chi connectivity index (χ1) is 10.2. The molecule has 0 radical (unpaired) electrons. The predicted molar refractivity (Wildman–Crippen MR) is 88.3 cm³/mol. The van der Waals surface area contributed by atoms with Crippen LogP contribution in [0.1, 0.15) is 46.4 Å². The first-order valence-electron chi connectivity index (χ1n) is 7.14. The van der Waals surface area contributed by atoms with Gasteiger partial charge in [0.25, 0.3) is 0 Å². The molecule has 1 atom stereocenters. The van der Waals surface area contributed by atoms with Gasteiger partial charge in [0.1, 0.15) is 0 Å². The van der Waals surface area contributed by atoms with Gasteiger partial charge in [0.05, 0.1) is 0 Å². The van der Waals surface area contributed by atoms with Gasteiger partial charge in [-0.2, -0.15) is 8.42 Å². The number of hydrogen-bond donors (Lipinski definition) is 0. The van der Waals surface area contributed by atoms with E-state index in [1.165, 1.54) is 0 Å². The average Bonchev–Trinajstić information content (AvgIpc) is 2.44. The zero-order valence-corrected chi connectivity index (χ0v) is 14.3. The van der Waals surface area contributed by atoms with Crippen molar-refractivity contribution in [3.05, 3.63) is 67.6 Å². The molecule has 0 spiro atoms. The highest BCUT2D eigenvalue weighted by atomic mass is 32.2. The SMILES string of the molecule is Cc1ccc(C)c(C(C)c2c(C)cc(C)n([O-])c2=S(=O)=O)c1. The molecule has 0 saturated heterocycles. The lowest BCUT2D eigenvalue weighted by molar-refractivity contribution is 0.622. The molecule has 2 rings (SSSR count). The standard InChI is InChI=1S/C17H20NO3S/c1-10-6-7-11(2)15(8-10)14(5)16-12(3)9-13(4)18(19)17(16)22(20)21/h6-9,14H,1-5H3/q-1. The highest BCUT2D eigenvalue weighted by Crippen LogP contribution is 2.30. The lowest BCUT2D eigenvalue weighted by Crippen LogP contribution is -2.10. The molecule has 1 heterocycles. The van der Waals surface area contributed by atoms with Crippen molar-refractivity contribution in [2.24, 2.45) is 0 Å². The molecule has 0 aliphatic rings. The van der Waals surface area contributed by atoms with Crippen molar-refractivity contribution >= 4 is 10.3 Å². The van der Waals surface area contributed by atoms with E-state index in [2.05, 4.69) is 0 Å². The second-order valence-electron chi connectivity index (χ2n) is 5.80. The van der Waals surface area contributed by atoms with Gasteiger partial charge in [0.2, 0.25) is 10.3 Å². The van der Waals surface area contributed by atoms with Crippen molar-refractivity contribution in [2.45, 2.75) is 40.5 Å². The van der Waals surface area contributed by atoms with Crippen molar-refractivity contribution in [2.75, 3.05) is 0 Å². The molecule has 2 aromatic rings. The van der Waals surface area contributed by atoms with Crippen LogP contribution in [-0.4, -0.2) is 13.1 Å². The number of aryl methyl sites for hydroxylation is 4. The van der Waals surface area contributed by atoms with E-state index in [4.69, 9.17) is 0 Å². The Morgan fingerprint density at radius 1 is 1.05 bits per heavy atom. The van der Waals surface area contributed by atoms with Crippen LogP contribution in [0.5, 0.6) is 0 Å². The van der Waals surface area contributed by atoms with E-state index in [9.17, 15) is 13.6 Å². The fourth-order valence-electron chi connectivity index (χ4n) is 2.95. The molecule has 1 aromatic heterocycles. The zero-order chi connectivity index (χ0) is 16.6. The normalized spacial score (nSPS) is 12.2. The van der Waals surface area contributed by atoms with E-state index in [0.717, 1.165) is 22.3 Å². The minimum Gasteiger partial charge on any atom is -0.805 e. The Morgan fingerprint density at radius 2 is 1.68 bits per heavy atom. The summed E-state index contributed by atoms with van der Waals surface area (Å²) in [6.45, 7) is 9.39. The van der Waals surface area contributed by atoms with E-state index in [0.29, 0.717) is 16.0 Å². The van der Waals surface area contributed by atoms with Crippen LogP contribution in [0, 0.1) is 37.5 Å². The Morgan fingerprint density at radius 3 is 2.27 bits per heavy atom. The average molecular weight is 318 g/mol. The van der Waals surface area contributed by atoms with Crippen LogP contribution in [0.3, 0.4) is 0 Å². The van der Waals surface area contributed by atoms with Crippen LogP contribution < -0.4 is 0 Å². The molecular formula is C17H20NO3S-. The van der Waals surface area contributed by atoms with Crippen molar-refractivity contribution in [3.8, 4) is 0 Å². The molecule has 4 nitrogen and oxygen atoms in total. The topological polar surface area (TPSA) is 62.1 Å². The number of hydrogen-bond acceptors (Lipinski definition) is 3. The third kappa shape index (κ3) is 2.81. The van der Waals surface area contributed by atoms with Crippen LogP contribution in [-0.2, 0) is 10.3 Å². The number of nitrogens with zero attached hydrogens (tertiary/aromatic N) is 1. The smallest absolute Gasteiger partial charge is 0.238 e. The van der Waals surface area contributed by atoms with Gasteiger partial charge in [-0.25, -0.2) is 0 Å². The van der Waals surface area contributed by atoms with Gasteiger partial charge in [-0.3, -0.25) is 0 Å². The Hall–Kier alpha value is -2.01. The molecule has 1 unspecified atom stereocenters. The molecule has 22 heavy (non-hydrogen) atoms. The summed E-state index contributed by atoms with van der Waals surface area (Å²) >= 11 is 0. The first kappa shape index (κ1) is 16.4. The highest BCUT2D eigenvalue weighted by Gasteiger charge is 2.17. The Balaban J connectivity index is 2.87. The summed E-state index contributed by atoms with van der Waals surface area (Å²) in [5, 5.41) is 12.2. The number of rotatable bonds is 2. The molecule has 0 aliphatic carbocycles. The molecule has 0 fully saturated rings. The van der Waals surface area contributed by atoms with E-state index in [-0.39, 0.29) is 10.6 Å². The van der Waals surface area contributed by atoms with Gasteiger partial charge in [-0.05, 0) is 50.5 Å². The van der Waals surface area contributed by atoms with Gasteiger partial charge in [-0.1, -0.05) is 30.7 Å². The molecule has 0 bridgehead atoms. The van der Waals surface area contributed by atoms with E-state index in [1.807, 2.05) is 45.9 Å². The molecule has 5 heteroatoms. The van der Waals surface area contributed by atoms with Gasteiger partial charge in [0, 0.05) is 17.2 Å². The van der Waals surface area contributed by atoms with Crippen LogP contribution in [0.4, 0.5) is 0 Å². The summed E-state index contributed by atoms with van der Waals surface area (Å²) in [7, 11) is -2.58. The second-order valence-corrected chi connectivity index (χ2v) is 6.65. The van der Waals surface area contributed by atoms with Crippen molar-refractivity contribution in [1.82, 2.24) is 4.73 Å². The zero-order valence-electron chi connectivity index (χ0n) is 13.5. The summed E-state index contributed by atoms with van der Waals surface area (Å²) < 4.78 is 23.6. The molecule has 118 valence electrons. The van der Waals surface area contributed by atoms with Crippen LogP contribution >= 0.6 is 0 Å². The minimum atomic E-state index is -2.58. The maximum absolute atomic E-state index is 12.2. The van der Waals surface area contributed by atoms with E-state index in [1.54, 1.807) is 13.0 Å².